The SMILES string of the molecule is C=C(OC)c1cc(Sc2csc(Nc3ccc(NC4CCN(C(=O)OC(C)(C)C)CC4)cn3)n2)ccn1. The molecule has 1 aliphatic heterocycles. The Labute approximate surface area is 225 Å². The van der Waals surface area contributed by atoms with E-state index >= 15 is 0 Å². The van der Waals surface area contributed by atoms with Gasteiger partial charge in [0.05, 0.1) is 19.0 Å². The molecule has 0 spiro atoms. The molecule has 3 aromatic heterocycles. The molecule has 0 bridgehead atoms. The van der Waals surface area contributed by atoms with Gasteiger partial charge in [-0.3, -0.25) is 4.98 Å². The van der Waals surface area contributed by atoms with Crippen molar-refractivity contribution in [1.82, 2.24) is 19.9 Å². The molecule has 2 N–H and O–H groups in total. The van der Waals surface area contributed by atoms with Crippen LogP contribution in [-0.2, 0) is 9.47 Å². The number of nitrogens with one attached hydrogen (secondary N) is 2. The number of amides is 1. The van der Waals surface area contributed by atoms with E-state index in [4.69, 9.17) is 9.47 Å². The lowest BCUT2D eigenvalue weighted by Crippen LogP contribution is -2.44. The average Bonchev–Trinajstić information content (AvgIpc) is 3.30. The summed E-state index contributed by atoms with van der Waals surface area (Å²) in [5.74, 6) is 1.25. The molecule has 0 atom stereocenters. The summed E-state index contributed by atoms with van der Waals surface area (Å²) in [5, 5.41) is 10.4. The van der Waals surface area contributed by atoms with Gasteiger partial charge < -0.3 is 25.0 Å². The molecule has 3 aromatic rings. The summed E-state index contributed by atoms with van der Waals surface area (Å²) < 4.78 is 10.6. The summed E-state index contributed by atoms with van der Waals surface area (Å²) in [5.41, 5.74) is 1.17. The van der Waals surface area contributed by atoms with Gasteiger partial charge in [0.15, 0.2) is 5.13 Å². The first-order chi connectivity index (χ1) is 17.7. The summed E-state index contributed by atoms with van der Waals surface area (Å²) in [7, 11) is 1.58. The maximum absolute atomic E-state index is 12.3. The largest absolute Gasteiger partial charge is 0.495 e. The van der Waals surface area contributed by atoms with Crippen molar-refractivity contribution >= 4 is 51.6 Å². The lowest BCUT2D eigenvalue weighted by atomic mass is 10.1. The van der Waals surface area contributed by atoms with E-state index < -0.39 is 5.60 Å². The third-order valence-electron chi connectivity index (χ3n) is 5.48. The van der Waals surface area contributed by atoms with E-state index in [-0.39, 0.29) is 12.1 Å². The minimum atomic E-state index is -0.476. The Morgan fingerprint density at radius 3 is 2.68 bits per heavy atom. The number of piperidine rings is 1. The summed E-state index contributed by atoms with van der Waals surface area (Å²) in [6.07, 6.45) is 5.02. The van der Waals surface area contributed by atoms with Crippen LogP contribution < -0.4 is 10.6 Å². The number of thiazole rings is 1. The number of likely N-dealkylation sites (tertiary alicyclic amines) is 1. The first-order valence-corrected chi connectivity index (χ1v) is 13.7. The van der Waals surface area contributed by atoms with E-state index in [1.54, 1.807) is 30.0 Å². The zero-order valence-electron chi connectivity index (χ0n) is 21.5. The Kier molecular flexibility index (Phi) is 8.55. The van der Waals surface area contributed by atoms with Gasteiger partial charge >= 0.3 is 6.09 Å². The maximum Gasteiger partial charge on any atom is 0.410 e. The average molecular weight is 541 g/mol. The summed E-state index contributed by atoms with van der Waals surface area (Å²) in [6, 6.07) is 8.07. The van der Waals surface area contributed by atoms with Crippen LogP contribution in [0.25, 0.3) is 5.76 Å². The number of carbonyl (C=O) groups is 1. The van der Waals surface area contributed by atoms with Gasteiger partial charge in [-0.2, -0.15) is 0 Å². The molecule has 0 radical (unpaired) electrons. The van der Waals surface area contributed by atoms with Crippen LogP contribution >= 0.6 is 23.1 Å². The molecule has 4 heterocycles. The van der Waals surface area contributed by atoms with Crippen LogP contribution in [0.15, 0.2) is 58.5 Å². The fourth-order valence-corrected chi connectivity index (χ4v) is 5.30. The highest BCUT2D eigenvalue weighted by atomic mass is 32.2. The number of methoxy groups -OCH3 is 1. The van der Waals surface area contributed by atoms with E-state index in [0.29, 0.717) is 24.5 Å². The number of ether oxygens (including phenoxy) is 2. The van der Waals surface area contributed by atoms with E-state index in [1.165, 1.54) is 11.3 Å². The number of aromatic nitrogens is 3. The molecule has 1 saturated heterocycles. The highest BCUT2D eigenvalue weighted by molar-refractivity contribution is 7.99. The first kappa shape index (κ1) is 26.7. The molecule has 0 saturated carbocycles. The zero-order chi connectivity index (χ0) is 26.4. The molecular weight excluding hydrogens is 508 g/mol. The zero-order valence-corrected chi connectivity index (χ0v) is 23.1. The molecule has 4 rings (SSSR count). The number of anilines is 3. The number of nitrogens with zero attached hydrogens (tertiary/aromatic N) is 4. The molecule has 1 aliphatic rings. The van der Waals surface area contributed by atoms with Crippen molar-refractivity contribution in [2.75, 3.05) is 30.8 Å². The van der Waals surface area contributed by atoms with Gasteiger partial charge in [0, 0.05) is 35.6 Å². The van der Waals surface area contributed by atoms with Crippen molar-refractivity contribution in [2.45, 2.75) is 55.2 Å². The first-order valence-electron chi connectivity index (χ1n) is 12.0. The number of hydrogen-bond donors (Lipinski definition) is 2. The molecule has 9 nitrogen and oxygen atoms in total. The van der Waals surface area contributed by atoms with Gasteiger partial charge in [-0.15, -0.1) is 11.3 Å². The molecule has 0 unspecified atom stereocenters. The Hall–Kier alpha value is -3.31. The number of pyridine rings is 2. The van der Waals surface area contributed by atoms with Gasteiger partial charge in [0.2, 0.25) is 0 Å². The Morgan fingerprint density at radius 1 is 1.22 bits per heavy atom. The van der Waals surface area contributed by atoms with Gasteiger partial charge in [-0.25, -0.2) is 14.8 Å². The highest BCUT2D eigenvalue weighted by Crippen LogP contribution is 2.32. The van der Waals surface area contributed by atoms with Crippen LogP contribution in [0.1, 0.15) is 39.3 Å². The predicted molar refractivity (Wildman–Crippen MR) is 148 cm³/mol. The van der Waals surface area contributed by atoms with E-state index in [2.05, 4.69) is 32.2 Å². The second kappa shape index (κ2) is 11.8. The van der Waals surface area contributed by atoms with Crippen LogP contribution in [-0.4, -0.2) is 57.8 Å². The van der Waals surface area contributed by atoms with Gasteiger partial charge in [0.1, 0.15) is 27.9 Å². The monoisotopic (exact) mass is 540 g/mol. The van der Waals surface area contributed by atoms with Crippen molar-refractivity contribution in [3.8, 4) is 0 Å². The molecule has 0 aliphatic carbocycles. The number of rotatable bonds is 8. The molecule has 196 valence electrons. The van der Waals surface area contributed by atoms with Crippen molar-refractivity contribution in [3.05, 3.63) is 54.3 Å². The smallest absolute Gasteiger partial charge is 0.410 e. The maximum atomic E-state index is 12.3. The van der Waals surface area contributed by atoms with E-state index in [0.717, 1.165) is 39.4 Å². The normalized spacial score (nSPS) is 14.2. The van der Waals surface area contributed by atoms with Crippen LogP contribution in [0.4, 0.5) is 21.4 Å². The van der Waals surface area contributed by atoms with Gasteiger partial charge in [0.25, 0.3) is 0 Å². The minimum absolute atomic E-state index is 0.241. The van der Waals surface area contributed by atoms with Gasteiger partial charge in [-0.05, 0) is 57.9 Å². The molecule has 0 aromatic carbocycles. The van der Waals surface area contributed by atoms with E-state index in [1.807, 2.05) is 56.6 Å². The topological polar surface area (TPSA) is 102 Å². The Balaban J connectivity index is 1.26. The van der Waals surface area contributed by atoms with Crippen LogP contribution in [0.5, 0.6) is 0 Å². The lowest BCUT2D eigenvalue weighted by Gasteiger charge is -2.34. The molecule has 1 amide bonds. The van der Waals surface area contributed by atoms with Crippen LogP contribution in [0, 0.1) is 0 Å². The van der Waals surface area contributed by atoms with Crippen molar-refractivity contribution in [1.29, 1.82) is 0 Å². The van der Waals surface area contributed by atoms with Crippen molar-refractivity contribution in [2.24, 2.45) is 0 Å². The van der Waals surface area contributed by atoms with Crippen molar-refractivity contribution < 1.29 is 14.3 Å². The highest BCUT2D eigenvalue weighted by Gasteiger charge is 2.26. The standard InChI is InChI=1S/C26H32N6O3S2/c1-17(34-5)21-14-20(8-11-27-21)37-23-16-36-24(31-23)30-22-7-6-19(15-28-22)29-18-9-12-32(13-10-18)25(33)35-26(2,3)4/h6-8,11,14-16,18,29H,1,9-10,12-13H2,2-5H3,(H,28,30,31). The molecule has 1 fully saturated rings. The minimum Gasteiger partial charge on any atom is -0.495 e. The summed E-state index contributed by atoms with van der Waals surface area (Å²) in [4.78, 5) is 28.5. The summed E-state index contributed by atoms with van der Waals surface area (Å²) >= 11 is 3.07. The third kappa shape index (κ3) is 7.83. The lowest BCUT2D eigenvalue weighted by molar-refractivity contribution is 0.0210. The summed E-state index contributed by atoms with van der Waals surface area (Å²) in [6.45, 7) is 10.9. The molecule has 11 heteroatoms. The third-order valence-corrected chi connectivity index (χ3v) is 7.30. The quantitative estimate of drug-likeness (QED) is 0.321. The van der Waals surface area contributed by atoms with Crippen LogP contribution in [0.2, 0.25) is 0 Å². The van der Waals surface area contributed by atoms with Gasteiger partial charge in [-0.1, -0.05) is 18.3 Å². The predicted octanol–water partition coefficient (Wildman–Crippen LogP) is 6.26. The fourth-order valence-electron chi connectivity index (χ4n) is 3.65. The van der Waals surface area contributed by atoms with E-state index in [9.17, 15) is 4.79 Å². The second-order valence-electron chi connectivity index (χ2n) is 9.54. The van der Waals surface area contributed by atoms with Crippen LogP contribution in [0.3, 0.4) is 0 Å². The fraction of sp³-hybridized carbons (Fsp3) is 0.385. The van der Waals surface area contributed by atoms with Crippen molar-refractivity contribution in [3.63, 3.8) is 0 Å². The molecular formula is C26H32N6O3S2. The number of hydrogen-bond acceptors (Lipinski definition) is 10. The molecule has 37 heavy (non-hydrogen) atoms. The number of carbonyl (C=O) groups excluding carboxylic acids is 1. The Bertz CT molecular complexity index is 1220. The second-order valence-corrected chi connectivity index (χ2v) is 11.5. The Morgan fingerprint density at radius 2 is 2.00 bits per heavy atom.